The fourth-order valence-corrected chi connectivity index (χ4v) is 2.41. The van der Waals surface area contributed by atoms with Gasteiger partial charge in [0, 0.05) is 0 Å². The molecule has 2 N–H and O–H groups in total. The van der Waals surface area contributed by atoms with Crippen LogP contribution in [-0.2, 0) is 6.54 Å². The summed E-state index contributed by atoms with van der Waals surface area (Å²) in [6.07, 6.45) is 0. The molecular formula is C15H15N3O2. The van der Waals surface area contributed by atoms with Crippen molar-refractivity contribution in [1.29, 1.82) is 0 Å². The second kappa shape index (κ2) is 4.52. The molecule has 2 heterocycles. The van der Waals surface area contributed by atoms with Crippen LogP contribution in [0.1, 0.15) is 21.6 Å². The first-order chi connectivity index (χ1) is 9.60. The van der Waals surface area contributed by atoms with Crippen molar-refractivity contribution in [2.45, 2.75) is 13.5 Å². The zero-order chi connectivity index (χ0) is 14.3. The Hall–Kier alpha value is -2.56. The molecule has 5 nitrogen and oxygen atoms in total. The molecule has 0 saturated carbocycles. The van der Waals surface area contributed by atoms with E-state index in [1.807, 2.05) is 25.1 Å². The van der Waals surface area contributed by atoms with Gasteiger partial charge in [0.1, 0.15) is 11.6 Å². The average Bonchev–Trinajstić information content (AvgIpc) is 2.75. The third-order valence-electron chi connectivity index (χ3n) is 3.40. The number of amides is 1. The fourth-order valence-electron chi connectivity index (χ4n) is 2.41. The molecule has 0 spiro atoms. The Labute approximate surface area is 117 Å². The second-order valence-corrected chi connectivity index (χ2v) is 4.80. The molecule has 0 aliphatic carbocycles. The number of aryl methyl sites for hydroxylation is 1. The average molecular weight is 269 g/mol. The number of hydrogen-bond acceptors (Lipinski definition) is 4. The van der Waals surface area contributed by atoms with Crippen LogP contribution < -0.4 is 15.4 Å². The topological polar surface area (TPSA) is 68.4 Å². The van der Waals surface area contributed by atoms with E-state index in [1.165, 1.54) is 0 Å². The highest BCUT2D eigenvalue weighted by Crippen LogP contribution is 2.35. The predicted octanol–water partition coefficient (Wildman–Crippen LogP) is 2.14. The van der Waals surface area contributed by atoms with Gasteiger partial charge in [-0.15, -0.1) is 0 Å². The van der Waals surface area contributed by atoms with Gasteiger partial charge < -0.3 is 10.5 Å². The summed E-state index contributed by atoms with van der Waals surface area (Å²) in [5, 5.41) is 0. The highest BCUT2D eigenvalue weighted by molar-refractivity contribution is 6.10. The van der Waals surface area contributed by atoms with E-state index in [-0.39, 0.29) is 5.91 Å². The number of anilines is 2. The molecule has 0 bridgehead atoms. The van der Waals surface area contributed by atoms with Crippen LogP contribution in [0.3, 0.4) is 0 Å². The van der Waals surface area contributed by atoms with Gasteiger partial charge in [-0.3, -0.25) is 9.69 Å². The molecule has 1 aliphatic heterocycles. The summed E-state index contributed by atoms with van der Waals surface area (Å²) in [7, 11) is 1.60. The molecule has 1 aromatic carbocycles. The maximum absolute atomic E-state index is 12.5. The van der Waals surface area contributed by atoms with Crippen LogP contribution in [0.25, 0.3) is 0 Å². The monoisotopic (exact) mass is 269 g/mol. The number of nitrogen functional groups attached to an aromatic ring is 1. The number of hydrogen-bond donors (Lipinski definition) is 1. The number of carbonyl (C=O) groups is 1. The van der Waals surface area contributed by atoms with E-state index < -0.39 is 0 Å². The van der Waals surface area contributed by atoms with Crippen LogP contribution in [0.5, 0.6) is 5.75 Å². The first kappa shape index (κ1) is 12.5. The van der Waals surface area contributed by atoms with Gasteiger partial charge in [0.25, 0.3) is 5.91 Å². The first-order valence-corrected chi connectivity index (χ1v) is 6.32. The van der Waals surface area contributed by atoms with Crippen LogP contribution in [0, 0.1) is 6.92 Å². The lowest BCUT2D eigenvalue weighted by molar-refractivity contribution is 0.0996. The van der Waals surface area contributed by atoms with Gasteiger partial charge in [-0.05, 0) is 36.8 Å². The first-order valence-electron chi connectivity index (χ1n) is 6.32. The van der Waals surface area contributed by atoms with E-state index in [2.05, 4.69) is 4.98 Å². The molecule has 1 aliphatic rings. The molecule has 5 heteroatoms. The fraction of sp³-hybridized carbons (Fsp3) is 0.200. The Bertz CT molecular complexity index is 698. The number of methoxy groups -OCH3 is 1. The number of nitrogens with two attached hydrogens (primary N) is 1. The lowest BCUT2D eigenvalue weighted by atomic mass is 10.2. The normalized spacial score (nSPS) is 13.5. The Morgan fingerprint density at radius 1 is 1.30 bits per heavy atom. The van der Waals surface area contributed by atoms with Crippen molar-refractivity contribution in [3.63, 3.8) is 0 Å². The smallest absolute Gasteiger partial charge is 0.260 e. The molecule has 1 aromatic heterocycles. The third-order valence-corrected chi connectivity index (χ3v) is 3.40. The van der Waals surface area contributed by atoms with Crippen LogP contribution in [0.15, 0.2) is 30.3 Å². The van der Waals surface area contributed by atoms with Crippen LogP contribution in [0.4, 0.5) is 11.5 Å². The van der Waals surface area contributed by atoms with Gasteiger partial charge in [0.2, 0.25) is 0 Å². The molecule has 2 aromatic rings. The predicted molar refractivity (Wildman–Crippen MR) is 76.9 cm³/mol. The lowest BCUT2D eigenvalue weighted by Gasteiger charge is -2.19. The van der Waals surface area contributed by atoms with Crippen LogP contribution >= 0.6 is 0 Å². The largest absolute Gasteiger partial charge is 0.495 e. The van der Waals surface area contributed by atoms with Gasteiger partial charge in [-0.25, -0.2) is 4.98 Å². The van der Waals surface area contributed by atoms with Crippen molar-refractivity contribution in [3.05, 3.63) is 47.2 Å². The van der Waals surface area contributed by atoms with Crippen LogP contribution in [-0.4, -0.2) is 18.0 Å². The molecule has 3 rings (SSSR count). The third kappa shape index (κ3) is 1.87. The highest BCUT2D eigenvalue weighted by atomic mass is 16.5. The number of nitrogens with zero attached hydrogens (tertiary/aromatic N) is 2. The highest BCUT2D eigenvalue weighted by Gasteiger charge is 2.31. The van der Waals surface area contributed by atoms with Gasteiger partial charge in [-0.2, -0.15) is 0 Å². The number of pyridine rings is 1. The zero-order valence-electron chi connectivity index (χ0n) is 11.4. The minimum absolute atomic E-state index is 0.0728. The van der Waals surface area contributed by atoms with E-state index in [0.717, 1.165) is 11.3 Å². The Balaban J connectivity index is 2.06. The summed E-state index contributed by atoms with van der Waals surface area (Å²) in [4.78, 5) is 18.4. The minimum Gasteiger partial charge on any atom is -0.495 e. The van der Waals surface area contributed by atoms with Crippen molar-refractivity contribution in [1.82, 2.24) is 4.98 Å². The molecule has 0 saturated heterocycles. The molecule has 102 valence electrons. The summed E-state index contributed by atoms with van der Waals surface area (Å²) < 4.78 is 5.34. The number of ether oxygens (including phenoxy) is 1. The SMILES string of the molecule is COc1ccc(C)cc1N1Cc2nc(N)ccc2C1=O. The summed E-state index contributed by atoms with van der Waals surface area (Å²) >= 11 is 0. The Kier molecular flexibility index (Phi) is 2.82. The van der Waals surface area contributed by atoms with Crippen molar-refractivity contribution in [2.24, 2.45) is 0 Å². The van der Waals surface area contributed by atoms with Crippen molar-refractivity contribution in [3.8, 4) is 5.75 Å². The standard InChI is InChI=1S/C15H15N3O2/c1-9-3-5-13(20-2)12(7-9)18-8-11-10(15(18)19)4-6-14(16)17-11/h3-7H,8H2,1-2H3,(H2,16,17). The van der Waals surface area contributed by atoms with E-state index in [9.17, 15) is 4.79 Å². The van der Waals surface area contributed by atoms with E-state index in [1.54, 1.807) is 24.1 Å². The van der Waals surface area contributed by atoms with Gasteiger partial charge in [0.05, 0.1) is 30.6 Å². The summed E-state index contributed by atoms with van der Waals surface area (Å²) in [5.74, 6) is 1.02. The van der Waals surface area contributed by atoms with Gasteiger partial charge >= 0.3 is 0 Å². The number of carbonyl (C=O) groups excluding carboxylic acids is 1. The van der Waals surface area contributed by atoms with E-state index in [0.29, 0.717) is 29.4 Å². The number of aromatic nitrogens is 1. The Morgan fingerprint density at radius 3 is 2.85 bits per heavy atom. The zero-order valence-corrected chi connectivity index (χ0v) is 11.4. The quantitative estimate of drug-likeness (QED) is 0.907. The van der Waals surface area contributed by atoms with Gasteiger partial charge in [-0.1, -0.05) is 6.07 Å². The number of rotatable bonds is 2. The van der Waals surface area contributed by atoms with Gasteiger partial charge in [0.15, 0.2) is 0 Å². The number of fused-ring (bicyclic) bond motifs is 1. The minimum atomic E-state index is -0.0728. The molecule has 0 radical (unpaired) electrons. The summed E-state index contributed by atoms with van der Waals surface area (Å²) in [5.41, 5.74) is 8.81. The maximum atomic E-state index is 12.5. The molecule has 0 atom stereocenters. The maximum Gasteiger partial charge on any atom is 0.260 e. The second-order valence-electron chi connectivity index (χ2n) is 4.80. The van der Waals surface area contributed by atoms with E-state index in [4.69, 9.17) is 10.5 Å². The summed E-state index contributed by atoms with van der Waals surface area (Å²) in [6, 6.07) is 9.12. The molecular weight excluding hydrogens is 254 g/mol. The number of benzene rings is 1. The molecule has 20 heavy (non-hydrogen) atoms. The molecule has 0 fully saturated rings. The van der Waals surface area contributed by atoms with Crippen LogP contribution in [0.2, 0.25) is 0 Å². The lowest BCUT2D eigenvalue weighted by Crippen LogP contribution is -2.23. The molecule has 0 unspecified atom stereocenters. The van der Waals surface area contributed by atoms with E-state index >= 15 is 0 Å². The molecule has 1 amide bonds. The van der Waals surface area contributed by atoms with Crippen molar-refractivity contribution >= 4 is 17.4 Å². The summed E-state index contributed by atoms with van der Waals surface area (Å²) in [6.45, 7) is 2.39. The van der Waals surface area contributed by atoms with Crippen molar-refractivity contribution in [2.75, 3.05) is 17.7 Å². The Morgan fingerprint density at radius 2 is 2.10 bits per heavy atom. The van der Waals surface area contributed by atoms with Crippen molar-refractivity contribution < 1.29 is 9.53 Å².